The van der Waals surface area contributed by atoms with Crippen molar-refractivity contribution in [2.24, 2.45) is 9.98 Å². The van der Waals surface area contributed by atoms with E-state index in [1.807, 2.05) is 18.2 Å². The molecule has 1 aliphatic rings. The number of rotatable bonds is 7. The Morgan fingerprint density at radius 3 is 2.97 bits per heavy atom. The van der Waals surface area contributed by atoms with Crippen LogP contribution >= 0.6 is 22.9 Å². The van der Waals surface area contributed by atoms with Crippen molar-refractivity contribution in [1.82, 2.24) is 10.2 Å². The highest BCUT2D eigenvalue weighted by molar-refractivity contribution is 7.14. The van der Waals surface area contributed by atoms with Crippen molar-refractivity contribution in [2.45, 2.75) is 37.6 Å². The van der Waals surface area contributed by atoms with Crippen LogP contribution in [0.1, 0.15) is 40.1 Å². The molecule has 0 radical (unpaired) electrons. The lowest BCUT2D eigenvalue weighted by atomic mass is 9.95. The third-order valence-electron chi connectivity index (χ3n) is 4.53. The SMILES string of the molecule is C=CN=C(C=NC)c1nnc(Cc2cc(C3CC(O)CC(CO)O3)ccc2Cl)s1. The summed E-state index contributed by atoms with van der Waals surface area (Å²) >= 11 is 7.82. The predicted molar refractivity (Wildman–Crippen MR) is 115 cm³/mol. The topological polar surface area (TPSA) is 100 Å². The van der Waals surface area contributed by atoms with Crippen LogP contribution in [0, 0.1) is 0 Å². The van der Waals surface area contributed by atoms with Crippen molar-refractivity contribution in [3.63, 3.8) is 0 Å². The number of halogens is 1. The summed E-state index contributed by atoms with van der Waals surface area (Å²) in [4.78, 5) is 8.16. The molecular weight excluding hydrogens is 412 g/mol. The third-order valence-corrected chi connectivity index (χ3v) is 5.85. The van der Waals surface area contributed by atoms with Gasteiger partial charge in [0.15, 0.2) is 5.01 Å². The quantitative estimate of drug-likeness (QED) is 0.652. The minimum atomic E-state index is -0.501. The zero-order valence-corrected chi connectivity index (χ0v) is 17.6. The molecule has 1 aromatic heterocycles. The first-order valence-corrected chi connectivity index (χ1v) is 10.4. The van der Waals surface area contributed by atoms with Gasteiger partial charge in [-0.25, -0.2) is 0 Å². The molecule has 2 heterocycles. The first kappa shape index (κ1) is 21.7. The van der Waals surface area contributed by atoms with Crippen LogP contribution in [-0.4, -0.2) is 58.2 Å². The molecule has 3 rings (SSSR count). The fourth-order valence-corrected chi connectivity index (χ4v) is 4.22. The number of aromatic nitrogens is 2. The molecule has 2 aromatic rings. The summed E-state index contributed by atoms with van der Waals surface area (Å²) in [6, 6.07) is 5.68. The molecule has 2 N–H and O–H groups in total. The first-order chi connectivity index (χ1) is 14.0. The maximum atomic E-state index is 10.1. The molecule has 0 saturated carbocycles. The van der Waals surface area contributed by atoms with Gasteiger partial charge in [-0.15, -0.1) is 10.2 Å². The van der Waals surface area contributed by atoms with E-state index in [-0.39, 0.29) is 18.8 Å². The van der Waals surface area contributed by atoms with Gasteiger partial charge in [0.2, 0.25) is 0 Å². The summed E-state index contributed by atoms with van der Waals surface area (Å²) in [7, 11) is 1.66. The molecule has 1 fully saturated rings. The van der Waals surface area contributed by atoms with Crippen LogP contribution in [0.4, 0.5) is 0 Å². The van der Waals surface area contributed by atoms with Gasteiger partial charge in [0.1, 0.15) is 10.7 Å². The summed E-state index contributed by atoms with van der Waals surface area (Å²) in [6.45, 7) is 3.50. The van der Waals surface area contributed by atoms with Gasteiger partial charge in [0, 0.05) is 43.7 Å². The summed E-state index contributed by atoms with van der Waals surface area (Å²) in [5.74, 6) is 0. The number of ether oxygens (including phenoxy) is 1. The van der Waals surface area contributed by atoms with Crippen molar-refractivity contribution in [3.05, 3.63) is 57.1 Å². The number of hydrogen-bond donors (Lipinski definition) is 2. The second kappa shape index (κ2) is 10.2. The zero-order chi connectivity index (χ0) is 20.8. The van der Waals surface area contributed by atoms with Gasteiger partial charge in [-0.05, 0) is 17.2 Å². The van der Waals surface area contributed by atoms with E-state index in [2.05, 4.69) is 26.8 Å². The Bertz CT molecular complexity index is 915. The maximum absolute atomic E-state index is 10.1. The lowest BCUT2D eigenvalue weighted by molar-refractivity contribution is -0.113. The van der Waals surface area contributed by atoms with Gasteiger partial charge in [0.25, 0.3) is 0 Å². The van der Waals surface area contributed by atoms with Crippen LogP contribution in [0.2, 0.25) is 5.02 Å². The van der Waals surface area contributed by atoms with Gasteiger partial charge in [-0.1, -0.05) is 41.6 Å². The van der Waals surface area contributed by atoms with Gasteiger partial charge < -0.3 is 14.9 Å². The Kier molecular flexibility index (Phi) is 7.63. The molecule has 3 unspecified atom stereocenters. The molecule has 3 atom stereocenters. The summed E-state index contributed by atoms with van der Waals surface area (Å²) < 4.78 is 5.91. The minimum absolute atomic E-state index is 0.114. The molecule has 9 heteroatoms. The van der Waals surface area contributed by atoms with Crippen LogP contribution in [-0.2, 0) is 11.2 Å². The van der Waals surface area contributed by atoms with Gasteiger partial charge in [0.05, 0.1) is 24.9 Å². The average Bonchev–Trinajstić information content (AvgIpc) is 3.17. The molecule has 1 aromatic carbocycles. The van der Waals surface area contributed by atoms with Crippen molar-refractivity contribution in [1.29, 1.82) is 0 Å². The molecule has 154 valence electrons. The zero-order valence-electron chi connectivity index (χ0n) is 16.0. The van der Waals surface area contributed by atoms with E-state index < -0.39 is 6.10 Å². The van der Waals surface area contributed by atoms with Crippen LogP contribution in [0.25, 0.3) is 0 Å². The van der Waals surface area contributed by atoms with Crippen molar-refractivity contribution in [2.75, 3.05) is 13.7 Å². The second-order valence-corrected chi connectivity index (χ2v) is 8.14. The van der Waals surface area contributed by atoms with E-state index >= 15 is 0 Å². The molecule has 29 heavy (non-hydrogen) atoms. The molecule has 1 saturated heterocycles. The minimum Gasteiger partial charge on any atom is -0.394 e. The number of hydrogen-bond acceptors (Lipinski definition) is 8. The van der Waals surface area contributed by atoms with Gasteiger partial charge in [-0.2, -0.15) is 0 Å². The number of aliphatic hydroxyl groups is 2. The van der Waals surface area contributed by atoms with Gasteiger partial charge in [-0.3, -0.25) is 9.98 Å². The number of benzene rings is 1. The number of aliphatic hydroxyl groups excluding tert-OH is 2. The van der Waals surface area contributed by atoms with Gasteiger partial charge >= 0.3 is 0 Å². The summed E-state index contributed by atoms with van der Waals surface area (Å²) in [6.07, 6.45) is 3.33. The normalized spacial score (nSPS) is 22.9. The van der Waals surface area contributed by atoms with E-state index in [9.17, 15) is 10.2 Å². The Morgan fingerprint density at radius 2 is 2.24 bits per heavy atom. The second-order valence-electron chi connectivity index (χ2n) is 6.67. The number of aliphatic imine (C=N–C) groups is 2. The van der Waals surface area contributed by atoms with E-state index in [0.29, 0.717) is 35.0 Å². The van der Waals surface area contributed by atoms with Crippen LogP contribution < -0.4 is 0 Å². The highest BCUT2D eigenvalue weighted by Crippen LogP contribution is 2.34. The Morgan fingerprint density at radius 1 is 1.41 bits per heavy atom. The molecule has 0 bridgehead atoms. The Labute approximate surface area is 178 Å². The van der Waals surface area contributed by atoms with Crippen molar-refractivity contribution < 1.29 is 14.9 Å². The molecule has 7 nitrogen and oxygen atoms in total. The van der Waals surface area contributed by atoms with E-state index in [4.69, 9.17) is 16.3 Å². The fourth-order valence-electron chi connectivity index (χ4n) is 3.21. The molecular formula is C20H23ClN4O3S. The maximum Gasteiger partial charge on any atom is 0.167 e. The smallest absolute Gasteiger partial charge is 0.167 e. The highest BCUT2D eigenvalue weighted by Gasteiger charge is 2.29. The van der Waals surface area contributed by atoms with Crippen molar-refractivity contribution >= 4 is 34.9 Å². The molecule has 0 aliphatic carbocycles. The van der Waals surface area contributed by atoms with Crippen LogP contribution in [0.5, 0.6) is 0 Å². The molecule has 1 aliphatic heterocycles. The first-order valence-electron chi connectivity index (χ1n) is 9.20. The lowest BCUT2D eigenvalue weighted by Crippen LogP contribution is -2.33. The third kappa shape index (κ3) is 5.55. The monoisotopic (exact) mass is 434 g/mol. The molecule has 0 amide bonds. The Hall–Kier alpha value is -1.97. The molecule has 0 spiro atoms. The van der Waals surface area contributed by atoms with Crippen LogP contribution in [0.3, 0.4) is 0 Å². The van der Waals surface area contributed by atoms with Crippen molar-refractivity contribution in [3.8, 4) is 0 Å². The fraction of sp³-hybridized carbons (Fsp3) is 0.400. The largest absolute Gasteiger partial charge is 0.394 e. The standard InChI is InChI=1S/C20H23ClN4O3S/c1-3-23-17(10-22-2)20-25-24-19(29-20)7-13-6-12(4-5-16(13)21)18-9-14(27)8-15(11-26)28-18/h3-6,10,14-15,18,26-27H,1,7-9,11H2,2H3. The van der Waals surface area contributed by atoms with E-state index in [1.165, 1.54) is 17.5 Å². The van der Waals surface area contributed by atoms with E-state index in [0.717, 1.165) is 16.1 Å². The predicted octanol–water partition coefficient (Wildman–Crippen LogP) is 2.99. The Balaban J connectivity index is 1.81. The summed E-state index contributed by atoms with van der Waals surface area (Å²) in [5, 5.41) is 30.0. The summed E-state index contributed by atoms with van der Waals surface area (Å²) in [5.41, 5.74) is 2.41. The average molecular weight is 435 g/mol. The van der Waals surface area contributed by atoms with Crippen LogP contribution in [0.15, 0.2) is 41.0 Å². The van der Waals surface area contributed by atoms with E-state index in [1.54, 1.807) is 13.3 Å². The highest BCUT2D eigenvalue weighted by atomic mass is 35.5. The number of nitrogens with zero attached hydrogens (tertiary/aromatic N) is 4. The lowest BCUT2D eigenvalue weighted by Gasteiger charge is -2.32.